The van der Waals surface area contributed by atoms with Crippen LogP contribution in [0.15, 0.2) is 18.7 Å². The van der Waals surface area contributed by atoms with E-state index in [4.69, 9.17) is 4.74 Å². The monoisotopic (exact) mass is 335 g/mol. The van der Waals surface area contributed by atoms with E-state index in [2.05, 4.69) is 41.6 Å². The summed E-state index contributed by atoms with van der Waals surface area (Å²) in [5.74, 6) is -0.213. The van der Waals surface area contributed by atoms with E-state index in [9.17, 15) is 4.79 Å². The van der Waals surface area contributed by atoms with Gasteiger partial charge in [0.25, 0.3) is 5.91 Å². The normalized spacial score (nSPS) is 21.7. The first-order chi connectivity index (χ1) is 11.5. The zero-order valence-electron chi connectivity index (χ0n) is 15.1. The second kappa shape index (κ2) is 8.50. The van der Waals surface area contributed by atoms with Crippen LogP contribution in [0.3, 0.4) is 0 Å². The first-order valence-electron chi connectivity index (χ1n) is 8.61. The van der Waals surface area contributed by atoms with Crippen molar-refractivity contribution in [3.63, 3.8) is 0 Å². The number of carbonyl (C=O) groups excluding carboxylic acids is 1. The molecule has 1 heterocycles. The molecule has 2 rings (SSSR count). The summed E-state index contributed by atoms with van der Waals surface area (Å²) in [6, 6.07) is 0.328. The number of carbonyl (C=O) groups is 1. The number of amides is 1. The summed E-state index contributed by atoms with van der Waals surface area (Å²) in [5.41, 5.74) is 6.69. The number of hydrogen-bond acceptors (Lipinski definition) is 6. The number of ether oxygens (including phenoxy) is 1. The van der Waals surface area contributed by atoms with Crippen LogP contribution in [0.2, 0.25) is 0 Å². The van der Waals surface area contributed by atoms with Gasteiger partial charge in [-0.1, -0.05) is 6.92 Å². The summed E-state index contributed by atoms with van der Waals surface area (Å²) in [5, 5.41) is 1.85. The molecule has 0 unspecified atom stereocenters. The molecule has 1 aliphatic carbocycles. The van der Waals surface area contributed by atoms with Gasteiger partial charge in [0.1, 0.15) is 6.33 Å². The average molecular weight is 335 g/mol. The molecule has 7 nitrogen and oxygen atoms in total. The maximum atomic E-state index is 12.5. The van der Waals surface area contributed by atoms with Crippen LogP contribution in [0.4, 0.5) is 0 Å². The second-order valence-corrected chi connectivity index (χ2v) is 6.91. The molecule has 1 fully saturated rings. The van der Waals surface area contributed by atoms with Gasteiger partial charge in [-0.25, -0.2) is 15.4 Å². The number of methoxy groups -OCH3 is 1. The lowest BCUT2D eigenvalue weighted by Gasteiger charge is -2.41. The minimum absolute atomic E-state index is 0.213. The molecule has 0 atom stereocenters. The highest BCUT2D eigenvalue weighted by atomic mass is 16.5. The first-order valence-corrected chi connectivity index (χ1v) is 8.61. The van der Waals surface area contributed by atoms with Crippen molar-refractivity contribution in [3.8, 4) is 0 Å². The first kappa shape index (κ1) is 18.8. The number of hydrazine groups is 2. The zero-order valence-corrected chi connectivity index (χ0v) is 15.1. The van der Waals surface area contributed by atoms with Gasteiger partial charge in [-0.3, -0.25) is 10.2 Å². The second-order valence-electron chi connectivity index (χ2n) is 6.91. The van der Waals surface area contributed by atoms with E-state index in [-0.39, 0.29) is 11.4 Å². The highest BCUT2D eigenvalue weighted by molar-refractivity contribution is 5.93. The molecule has 1 aromatic rings. The number of hydrogen-bond donors (Lipinski definition) is 2. The van der Waals surface area contributed by atoms with Crippen molar-refractivity contribution in [2.45, 2.75) is 70.6 Å². The highest BCUT2D eigenvalue weighted by Crippen LogP contribution is 2.23. The van der Waals surface area contributed by atoms with E-state index in [0.29, 0.717) is 17.7 Å². The summed E-state index contributed by atoms with van der Waals surface area (Å²) in [6.45, 7) is 6.30. The Bertz CT molecular complexity index is 515. The van der Waals surface area contributed by atoms with E-state index in [1.165, 1.54) is 18.7 Å². The summed E-state index contributed by atoms with van der Waals surface area (Å²) >= 11 is 0. The molecular weight excluding hydrogens is 306 g/mol. The predicted octanol–water partition coefficient (Wildman–Crippen LogP) is 2.07. The Kier molecular flexibility index (Phi) is 6.65. The topological polar surface area (TPSA) is 79.4 Å². The van der Waals surface area contributed by atoms with Crippen molar-refractivity contribution in [2.24, 2.45) is 0 Å². The Morgan fingerprint density at radius 2 is 1.92 bits per heavy atom. The fraction of sp³-hybridized carbons (Fsp3) is 0.706. The minimum Gasteiger partial charge on any atom is -0.381 e. The van der Waals surface area contributed by atoms with Crippen molar-refractivity contribution < 1.29 is 9.53 Å². The Balaban J connectivity index is 2.02. The molecule has 0 radical (unpaired) electrons. The van der Waals surface area contributed by atoms with Gasteiger partial charge in [0.2, 0.25) is 0 Å². The molecule has 1 amide bonds. The van der Waals surface area contributed by atoms with Gasteiger partial charge < -0.3 is 4.74 Å². The number of nitrogens with one attached hydrogen (secondary N) is 2. The fourth-order valence-corrected chi connectivity index (χ4v) is 2.71. The molecule has 1 saturated carbocycles. The maximum absolute atomic E-state index is 12.5. The maximum Gasteiger partial charge on any atom is 0.269 e. The van der Waals surface area contributed by atoms with Gasteiger partial charge in [0, 0.05) is 25.5 Å². The predicted molar refractivity (Wildman–Crippen MR) is 91.9 cm³/mol. The van der Waals surface area contributed by atoms with Crippen LogP contribution in [-0.2, 0) is 4.74 Å². The number of aromatic nitrogens is 2. The van der Waals surface area contributed by atoms with E-state index in [1.807, 2.05) is 5.12 Å². The molecular formula is C17H29N5O2. The Morgan fingerprint density at radius 1 is 1.29 bits per heavy atom. The summed E-state index contributed by atoms with van der Waals surface area (Å²) in [6.07, 6.45) is 9.82. The lowest BCUT2D eigenvalue weighted by molar-refractivity contribution is -0.0237. The van der Waals surface area contributed by atoms with Gasteiger partial charge in [0.05, 0.1) is 17.2 Å². The quantitative estimate of drug-likeness (QED) is 0.743. The van der Waals surface area contributed by atoms with Crippen molar-refractivity contribution in [1.29, 1.82) is 0 Å². The molecule has 0 aromatic carbocycles. The summed E-state index contributed by atoms with van der Waals surface area (Å²) in [7, 11) is 1.77. The molecule has 24 heavy (non-hydrogen) atoms. The van der Waals surface area contributed by atoms with Crippen LogP contribution < -0.4 is 10.9 Å². The van der Waals surface area contributed by atoms with E-state index >= 15 is 0 Å². The van der Waals surface area contributed by atoms with Crippen LogP contribution in [0.25, 0.3) is 0 Å². The molecule has 0 saturated heterocycles. The third-order valence-corrected chi connectivity index (χ3v) is 4.83. The molecule has 0 bridgehead atoms. The van der Waals surface area contributed by atoms with Crippen LogP contribution >= 0.6 is 0 Å². The third kappa shape index (κ3) is 4.96. The highest BCUT2D eigenvalue weighted by Gasteiger charge is 2.30. The van der Waals surface area contributed by atoms with E-state index in [0.717, 1.165) is 32.1 Å². The molecule has 2 N–H and O–H groups in total. The molecule has 134 valence electrons. The summed E-state index contributed by atoms with van der Waals surface area (Å²) in [4.78, 5) is 20.3. The van der Waals surface area contributed by atoms with Gasteiger partial charge in [-0.2, -0.15) is 5.12 Å². The fourth-order valence-electron chi connectivity index (χ4n) is 2.71. The van der Waals surface area contributed by atoms with Crippen LogP contribution in [0, 0.1) is 0 Å². The van der Waals surface area contributed by atoms with Crippen molar-refractivity contribution >= 4 is 5.91 Å². The molecule has 1 aromatic heterocycles. The van der Waals surface area contributed by atoms with Crippen molar-refractivity contribution in [3.05, 3.63) is 24.3 Å². The smallest absolute Gasteiger partial charge is 0.269 e. The van der Waals surface area contributed by atoms with Gasteiger partial charge in [-0.05, 0) is 46.0 Å². The molecule has 1 aliphatic rings. The summed E-state index contributed by atoms with van der Waals surface area (Å²) < 4.78 is 5.43. The number of nitrogens with zero attached hydrogens (tertiary/aromatic N) is 3. The average Bonchev–Trinajstić information content (AvgIpc) is 2.62. The Morgan fingerprint density at radius 3 is 2.46 bits per heavy atom. The Labute approximate surface area is 144 Å². The van der Waals surface area contributed by atoms with E-state index in [1.54, 1.807) is 7.11 Å². The molecule has 7 heteroatoms. The van der Waals surface area contributed by atoms with E-state index < -0.39 is 0 Å². The van der Waals surface area contributed by atoms with Gasteiger partial charge in [0.15, 0.2) is 0 Å². The minimum atomic E-state index is -0.219. The third-order valence-electron chi connectivity index (χ3n) is 4.83. The van der Waals surface area contributed by atoms with Crippen LogP contribution in [0.5, 0.6) is 0 Å². The van der Waals surface area contributed by atoms with Gasteiger partial charge in [-0.15, -0.1) is 0 Å². The lowest BCUT2D eigenvalue weighted by atomic mass is 9.93. The zero-order chi connectivity index (χ0) is 17.6. The lowest BCUT2D eigenvalue weighted by Crippen LogP contribution is -2.63. The van der Waals surface area contributed by atoms with Crippen molar-refractivity contribution in [2.75, 3.05) is 7.11 Å². The van der Waals surface area contributed by atoms with Crippen molar-refractivity contribution in [1.82, 2.24) is 25.9 Å². The van der Waals surface area contributed by atoms with Gasteiger partial charge >= 0.3 is 0 Å². The standard InChI is InChI=1S/C17H29N5O2/c1-5-17(2,3)22(20-14-6-8-15(24-4)9-7-14)21-16(23)13-10-18-12-19-11-13/h10-12,14-15,20H,5-9H2,1-4H3,(H,21,23). The SMILES string of the molecule is CCC(C)(C)N(NC(=O)c1cncnc1)NC1CCC(OC)CC1. The van der Waals surface area contributed by atoms with Crippen LogP contribution in [0.1, 0.15) is 63.2 Å². The number of rotatable bonds is 7. The molecule has 0 spiro atoms. The van der Waals surface area contributed by atoms with Crippen LogP contribution in [-0.4, -0.2) is 45.8 Å². The Hall–Kier alpha value is -1.57. The molecule has 0 aliphatic heterocycles. The largest absolute Gasteiger partial charge is 0.381 e.